The second-order valence-corrected chi connectivity index (χ2v) is 7.17. The Kier molecular flexibility index (Phi) is 5.22. The van der Waals surface area contributed by atoms with Gasteiger partial charge >= 0.3 is 0 Å². The molecule has 0 fully saturated rings. The number of aromatic nitrogens is 3. The largest absolute Gasteiger partial charge is 0.352 e. The number of hydrogen-bond acceptors (Lipinski definition) is 5. The van der Waals surface area contributed by atoms with Crippen molar-refractivity contribution in [1.29, 1.82) is 0 Å². The van der Waals surface area contributed by atoms with Gasteiger partial charge < -0.3 is 5.32 Å². The van der Waals surface area contributed by atoms with Crippen LogP contribution < -0.4 is 5.32 Å². The summed E-state index contributed by atoms with van der Waals surface area (Å²) >= 11 is 3.17. The molecule has 1 N–H and O–H groups in total. The van der Waals surface area contributed by atoms with Gasteiger partial charge in [-0.15, -0.1) is 22.7 Å². The lowest BCUT2D eigenvalue weighted by atomic mass is 10.3. The molecule has 0 bridgehead atoms. The number of thiazole rings is 1. The average molecular weight is 358 g/mol. The monoisotopic (exact) mass is 358 g/mol. The van der Waals surface area contributed by atoms with Crippen LogP contribution in [-0.4, -0.2) is 27.2 Å². The molecule has 0 aliphatic heterocycles. The first-order valence-corrected chi connectivity index (χ1v) is 9.35. The molecule has 3 aromatic rings. The molecule has 0 spiro atoms. The molecule has 3 rings (SSSR count). The molecule has 0 radical (unpaired) electrons. The minimum atomic E-state index is -0.0857. The van der Waals surface area contributed by atoms with Crippen LogP contribution in [0, 0.1) is 13.8 Å². The van der Waals surface area contributed by atoms with Crippen LogP contribution in [0.3, 0.4) is 0 Å². The molecule has 3 heterocycles. The van der Waals surface area contributed by atoms with Gasteiger partial charge in [0.25, 0.3) is 0 Å². The Bertz CT molecular complexity index is 846. The predicted molar refractivity (Wildman–Crippen MR) is 98.8 cm³/mol. The summed E-state index contributed by atoms with van der Waals surface area (Å²) in [5.41, 5.74) is 3.01. The summed E-state index contributed by atoms with van der Waals surface area (Å²) in [5, 5.41) is 12.2. The van der Waals surface area contributed by atoms with Crippen molar-refractivity contribution in [2.24, 2.45) is 0 Å². The second kappa shape index (κ2) is 7.55. The number of nitrogens with zero attached hydrogens (tertiary/aromatic N) is 3. The third-order valence-electron chi connectivity index (χ3n) is 3.35. The van der Waals surface area contributed by atoms with Crippen molar-refractivity contribution in [3.8, 4) is 5.13 Å². The van der Waals surface area contributed by atoms with Crippen molar-refractivity contribution in [2.75, 3.05) is 6.54 Å². The Morgan fingerprint density at radius 1 is 1.38 bits per heavy atom. The van der Waals surface area contributed by atoms with Crippen molar-refractivity contribution in [1.82, 2.24) is 20.1 Å². The Hall–Kier alpha value is -2.25. The summed E-state index contributed by atoms with van der Waals surface area (Å²) in [6.45, 7) is 4.55. The summed E-state index contributed by atoms with van der Waals surface area (Å²) in [7, 11) is 0. The summed E-state index contributed by atoms with van der Waals surface area (Å²) in [5.74, 6) is -0.0857. The van der Waals surface area contributed by atoms with Gasteiger partial charge in [-0.05, 0) is 37.4 Å². The number of nitrogens with one attached hydrogen (secondary N) is 1. The van der Waals surface area contributed by atoms with Gasteiger partial charge in [0, 0.05) is 35.0 Å². The molecule has 5 nitrogen and oxygen atoms in total. The molecule has 0 unspecified atom stereocenters. The van der Waals surface area contributed by atoms with E-state index in [1.807, 2.05) is 53.6 Å². The lowest BCUT2D eigenvalue weighted by Gasteiger charge is -2.00. The zero-order valence-corrected chi connectivity index (χ0v) is 15.2. The molecule has 7 heteroatoms. The Balaban J connectivity index is 1.51. The minimum absolute atomic E-state index is 0.0857. The van der Waals surface area contributed by atoms with E-state index in [-0.39, 0.29) is 5.91 Å². The highest BCUT2D eigenvalue weighted by Crippen LogP contribution is 2.17. The highest BCUT2D eigenvalue weighted by atomic mass is 32.1. The summed E-state index contributed by atoms with van der Waals surface area (Å²) in [4.78, 5) is 17.4. The number of carbonyl (C=O) groups is 1. The summed E-state index contributed by atoms with van der Waals surface area (Å²) < 4.78 is 1.85. The van der Waals surface area contributed by atoms with Gasteiger partial charge in [0.15, 0.2) is 0 Å². The number of thiophene rings is 1. The SMILES string of the molecule is Cc1cc(C)n(-c2nc(CCNC(=O)C=Cc3cccs3)cs2)n1. The van der Waals surface area contributed by atoms with Crippen LogP contribution in [0.2, 0.25) is 0 Å². The standard InChI is InChI=1S/C17H18N4OS2/c1-12-10-13(2)21(20-12)17-19-14(11-24-17)7-8-18-16(22)6-5-15-4-3-9-23-15/h3-6,9-11H,7-8H2,1-2H3,(H,18,22). The molecule has 0 aromatic carbocycles. The van der Waals surface area contributed by atoms with Crippen LogP contribution in [-0.2, 0) is 11.2 Å². The second-order valence-electron chi connectivity index (χ2n) is 5.35. The molecule has 3 aromatic heterocycles. The molecule has 124 valence electrons. The van der Waals surface area contributed by atoms with Crippen LogP contribution in [0.1, 0.15) is 22.0 Å². The Morgan fingerprint density at radius 2 is 2.25 bits per heavy atom. The molecule has 0 aliphatic carbocycles. The van der Waals surface area contributed by atoms with Gasteiger partial charge in [0.05, 0.1) is 11.4 Å². The van der Waals surface area contributed by atoms with E-state index in [9.17, 15) is 4.79 Å². The van der Waals surface area contributed by atoms with Crippen LogP contribution in [0.4, 0.5) is 0 Å². The van der Waals surface area contributed by atoms with Crippen molar-refractivity contribution < 1.29 is 4.79 Å². The van der Waals surface area contributed by atoms with Crippen LogP contribution in [0.15, 0.2) is 35.0 Å². The summed E-state index contributed by atoms with van der Waals surface area (Å²) in [6.07, 6.45) is 4.09. The first kappa shape index (κ1) is 16.6. The van der Waals surface area contributed by atoms with Gasteiger partial charge in [-0.2, -0.15) is 5.10 Å². The van der Waals surface area contributed by atoms with Gasteiger partial charge in [0.2, 0.25) is 11.0 Å². The lowest BCUT2D eigenvalue weighted by Crippen LogP contribution is -2.23. The third-order valence-corrected chi connectivity index (χ3v) is 5.06. The molecular weight excluding hydrogens is 340 g/mol. The molecule has 0 saturated carbocycles. The van der Waals surface area contributed by atoms with E-state index in [1.54, 1.807) is 28.7 Å². The Morgan fingerprint density at radius 3 is 2.96 bits per heavy atom. The van der Waals surface area contributed by atoms with E-state index >= 15 is 0 Å². The van der Waals surface area contributed by atoms with Gasteiger partial charge in [-0.1, -0.05) is 6.07 Å². The number of amides is 1. The Labute approximate surface area is 148 Å². The van der Waals surface area contributed by atoms with Crippen LogP contribution >= 0.6 is 22.7 Å². The third kappa shape index (κ3) is 4.18. The van der Waals surface area contributed by atoms with E-state index in [4.69, 9.17) is 0 Å². The first-order chi connectivity index (χ1) is 11.6. The van der Waals surface area contributed by atoms with Crippen molar-refractivity contribution in [3.63, 3.8) is 0 Å². The normalized spacial score (nSPS) is 11.2. The van der Waals surface area contributed by atoms with Crippen molar-refractivity contribution in [3.05, 3.63) is 57.0 Å². The number of hydrogen-bond donors (Lipinski definition) is 1. The highest BCUT2D eigenvalue weighted by Gasteiger charge is 2.08. The molecule has 24 heavy (non-hydrogen) atoms. The van der Waals surface area contributed by atoms with Gasteiger partial charge in [-0.25, -0.2) is 9.67 Å². The number of aryl methyl sites for hydroxylation is 2. The maximum absolute atomic E-state index is 11.8. The van der Waals surface area contributed by atoms with E-state index in [1.165, 1.54) is 0 Å². The van der Waals surface area contributed by atoms with Crippen LogP contribution in [0.25, 0.3) is 11.2 Å². The van der Waals surface area contributed by atoms with E-state index in [0.717, 1.165) is 27.1 Å². The van der Waals surface area contributed by atoms with Crippen molar-refractivity contribution in [2.45, 2.75) is 20.3 Å². The van der Waals surface area contributed by atoms with Gasteiger partial charge in [0.1, 0.15) is 0 Å². The number of carbonyl (C=O) groups excluding carboxylic acids is 1. The zero-order chi connectivity index (χ0) is 16.9. The smallest absolute Gasteiger partial charge is 0.244 e. The zero-order valence-electron chi connectivity index (χ0n) is 13.5. The van der Waals surface area contributed by atoms with E-state index < -0.39 is 0 Å². The van der Waals surface area contributed by atoms with Crippen LogP contribution in [0.5, 0.6) is 0 Å². The molecular formula is C17H18N4OS2. The molecule has 0 aliphatic rings. The van der Waals surface area contributed by atoms with E-state index in [0.29, 0.717) is 13.0 Å². The maximum atomic E-state index is 11.8. The maximum Gasteiger partial charge on any atom is 0.244 e. The number of rotatable bonds is 6. The quantitative estimate of drug-likeness (QED) is 0.687. The fourth-order valence-electron chi connectivity index (χ4n) is 2.25. The minimum Gasteiger partial charge on any atom is -0.352 e. The predicted octanol–water partition coefficient (Wildman–Crippen LogP) is 3.38. The molecule has 0 atom stereocenters. The first-order valence-electron chi connectivity index (χ1n) is 7.59. The fraction of sp³-hybridized carbons (Fsp3) is 0.235. The van der Waals surface area contributed by atoms with E-state index in [2.05, 4.69) is 15.4 Å². The fourth-order valence-corrected chi connectivity index (χ4v) is 3.73. The average Bonchev–Trinajstić information content (AvgIpc) is 3.27. The summed E-state index contributed by atoms with van der Waals surface area (Å²) in [6, 6.07) is 5.97. The highest BCUT2D eigenvalue weighted by molar-refractivity contribution is 7.12. The topological polar surface area (TPSA) is 59.8 Å². The molecule has 1 amide bonds. The lowest BCUT2D eigenvalue weighted by molar-refractivity contribution is -0.116. The molecule has 0 saturated heterocycles. The van der Waals surface area contributed by atoms with Crippen molar-refractivity contribution >= 4 is 34.7 Å². The van der Waals surface area contributed by atoms with Gasteiger partial charge in [-0.3, -0.25) is 4.79 Å².